The number of benzene rings is 1. The summed E-state index contributed by atoms with van der Waals surface area (Å²) in [6.07, 6.45) is 2.30. The van der Waals surface area contributed by atoms with Gasteiger partial charge in [-0.05, 0) is 23.5 Å². The van der Waals surface area contributed by atoms with E-state index in [2.05, 4.69) is 19.1 Å². The monoisotopic (exact) mass is 268 g/mol. The van der Waals surface area contributed by atoms with Gasteiger partial charge in [0.15, 0.2) is 11.5 Å². The fourth-order valence-electron chi connectivity index (χ4n) is 4.66. The molecule has 3 nitrogen and oxygen atoms in total. The quantitative estimate of drug-likeness (QED) is 0.783. The SMILES string of the molecule is COC1=CC(=O)C2C3Cc4ccccc4[C@@]3(C)C2C1=O. The number of ketones is 2. The first-order chi connectivity index (χ1) is 9.59. The topological polar surface area (TPSA) is 43.4 Å². The van der Waals surface area contributed by atoms with Crippen LogP contribution in [-0.4, -0.2) is 18.7 Å². The summed E-state index contributed by atoms with van der Waals surface area (Å²) in [5.74, 6) is 0.132. The second kappa shape index (κ2) is 3.60. The van der Waals surface area contributed by atoms with E-state index in [-0.39, 0.29) is 40.5 Å². The molecular formula is C17H16O3. The van der Waals surface area contributed by atoms with Crippen molar-refractivity contribution < 1.29 is 14.3 Å². The number of allylic oxidation sites excluding steroid dienone is 2. The van der Waals surface area contributed by atoms with Crippen LogP contribution in [0.1, 0.15) is 18.1 Å². The highest BCUT2D eigenvalue weighted by atomic mass is 16.5. The lowest BCUT2D eigenvalue weighted by Gasteiger charge is -2.56. The van der Waals surface area contributed by atoms with Crippen molar-refractivity contribution >= 4 is 11.6 Å². The maximum Gasteiger partial charge on any atom is 0.202 e. The van der Waals surface area contributed by atoms with Crippen LogP contribution in [0, 0.1) is 17.8 Å². The highest BCUT2D eigenvalue weighted by molar-refractivity contribution is 6.12. The zero-order valence-electron chi connectivity index (χ0n) is 11.6. The van der Waals surface area contributed by atoms with Crippen molar-refractivity contribution in [3.8, 4) is 0 Å². The first kappa shape index (κ1) is 11.9. The predicted molar refractivity (Wildman–Crippen MR) is 73.1 cm³/mol. The van der Waals surface area contributed by atoms with Gasteiger partial charge >= 0.3 is 0 Å². The lowest BCUT2D eigenvalue weighted by Crippen LogP contribution is -2.63. The van der Waals surface area contributed by atoms with Gasteiger partial charge in [-0.2, -0.15) is 0 Å². The van der Waals surface area contributed by atoms with Crippen molar-refractivity contribution in [3.05, 3.63) is 47.2 Å². The molecular weight excluding hydrogens is 252 g/mol. The van der Waals surface area contributed by atoms with Gasteiger partial charge < -0.3 is 4.74 Å². The number of hydrogen-bond acceptors (Lipinski definition) is 3. The van der Waals surface area contributed by atoms with Crippen LogP contribution in [0.5, 0.6) is 0 Å². The molecule has 0 N–H and O–H groups in total. The Bertz CT molecular complexity index is 673. The fourth-order valence-corrected chi connectivity index (χ4v) is 4.66. The molecule has 0 bridgehead atoms. The Balaban J connectivity index is 1.86. The Morgan fingerprint density at radius 2 is 2.00 bits per heavy atom. The average Bonchev–Trinajstić information content (AvgIpc) is 2.68. The zero-order chi connectivity index (χ0) is 14.1. The highest BCUT2D eigenvalue weighted by Crippen LogP contribution is 2.64. The second-order valence-electron chi connectivity index (χ2n) is 6.23. The van der Waals surface area contributed by atoms with E-state index in [1.54, 1.807) is 0 Å². The van der Waals surface area contributed by atoms with Crippen LogP contribution in [0.25, 0.3) is 0 Å². The van der Waals surface area contributed by atoms with Crippen LogP contribution in [0.2, 0.25) is 0 Å². The van der Waals surface area contributed by atoms with E-state index in [9.17, 15) is 9.59 Å². The summed E-state index contributed by atoms with van der Waals surface area (Å²) < 4.78 is 5.10. The molecule has 0 spiro atoms. The molecule has 0 amide bonds. The standard InChI is InChI=1S/C17H16O3/c1-17-10-6-4-3-5-9(10)7-11(17)14-12(18)8-13(20-2)16(19)15(14)17/h3-6,8,11,14-15H,7H2,1-2H3/t11?,14?,15?,17-/m1/s1. The Morgan fingerprint density at radius 1 is 1.25 bits per heavy atom. The van der Waals surface area contributed by atoms with Gasteiger partial charge in [0.1, 0.15) is 0 Å². The van der Waals surface area contributed by atoms with Gasteiger partial charge in [-0.25, -0.2) is 0 Å². The Kier molecular flexibility index (Phi) is 2.14. The molecule has 1 saturated carbocycles. The molecule has 1 aromatic carbocycles. The van der Waals surface area contributed by atoms with Gasteiger partial charge in [-0.15, -0.1) is 0 Å². The van der Waals surface area contributed by atoms with Crippen molar-refractivity contribution in [1.29, 1.82) is 0 Å². The number of carbonyl (C=O) groups excluding carboxylic acids is 2. The molecule has 3 heteroatoms. The van der Waals surface area contributed by atoms with Crippen LogP contribution in [0.3, 0.4) is 0 Å². The minimum Gasteiger partial charge on any atom is -0.493 e. The van der Waals surface area contributed by atoms with Gasteiger partial charge in [-0.3, -0.25) is 9.59 Å². The van der Waals surface area contributed by atoms with Crippen molar-refractivity contribution in [2.24, 2.45) is 17.8 Å². The molecule has 4 rings (SSSR count). The summed E-state index contributed by atoms with van der Waals surface area (Å²) in [4.78, 5) is 24.9. The van der Waals surface area contributed by atoms with E-state index in [1.165, 1.54) is 24.3 Å². The van der Waals surface area contributed by atoms with Crippen molar-refractivity contribution in [1.82, 2.24) is 0 Å². The van der Waals surface area contributed by atoms with Crippen molar-refractivity contribution in [2.45, 2.75) is 18.8 Å². The minimum absolute atomic E-state index is 0.00690. The third-order valence-corrected chi connectivity index (χ3v) is 5.59. The van der Waals surface area contributed by atoms with Gasteiger partial charge in [0.2, 0.25) is 5.78 Å². The normalized spacial score (nSPS) is 37.5. The number of rotatable bonds is 1. The first-order valence-corrected chi connectivity index (χ1v) is 7.01. The van der Waals surface area contributed by atoms with E-state index >= 15 is 0 Å². The third kappa shape index (κ3) is 1.13. The van der Waals surface area contributed by atoms with Gasteiger partial charge in [0, 0.05) is 23.3 Å². The van der Waals surface area contributed by atoms with E-state index in [0.29, 0.717) is 0 Å². The van der Waals surface area contributed by atoms with Gasteiger partial charge in [0.05, 0.1) is 7.11 Å². The highest BCUT2D eigenvalue weighted by Gasteiger charge is 2.68. The zero-order valence-corrected chi connectivity index (χ0v) is 11.6. The third-order valence-electron chi connectivity index (χ3n) is 5.59. The minimum atomic E-state index is -0.247. The maximum absolute atomic E-state index is 12.6. The molecule has 1 fully saturated rings. The smallest absolute Gasteiger partial charge is 0.202 e. The second-order valence-corrected chi connectivity index (χ2v) is 6.23. The van der Waals surface area contributed by atoms with E-state index < -0.39 is 0 Å². The molecule has 20 heavy (non-hydrogen) atoms. The molecule has 0 aromatic heterocycles. The summed E-state index contributed by atoms with van der Waals surface area (Å²) >= 11 is 0. The summed E-state index contributed by atoms with van der Waals surface area (Å²) in [6, 6.07) is 8.26. The molecule has 0 radical (unpaired) electrons. The number of Topliss-reactive ketones (excluding diaryl/α,β-unsaturated/α-hetero) is 1. The average molecular weight is 268 g/mol. The molecule has 0 saturated heterocycles. The Hall–Kier alpha value is -1.90. The predicted octanol–water partition coefficient (Wildman–Crippen LogP) is 2.04. The largest absolute Gasteiger partial charge is 0.493 e. The number of methoxy groups -OCH3 is 1. The molecule has 3 aliphatic carbocycles. The number of carbonyl (C=O) groups is 2. The van der Waals surface area contributed by atoms with Crippen molar-refractivity contribution in [3.63, 3.8) is 0 Å². The summed E-state index contributed by atoms with van der Waals surface area (Å²) in [5, 5.41) is 0. The molecule has 3 aliphatic rings. The van der Waals surface area contributed by atoms with Gasteiger partial charge in [0.25, 0.3) is 0 Å². The lowest BCUT2D eigenvalue weighted by atomic mass is 9.44. The molecule has 0 heterocycles. The van der Waals surface area contributed by atoms with E-state index in [4.69, 9.17) is 4.74 Å². The number of ether oxygens (including phenoxy) is 1. The maximum atomic E-state index is 12.6. The van der Waals surface area contributed by atoms with E-state index in [1.807, 2.05) is 12.1 Å². The van der Waals surface area contributed by atoms with Crippen molar-refractivity contribution in [2.75, 3.05) is 7.11 Å². The Morgan fingerprint density at radius 3 is 2.75 bits per heavy atom. The van der Waals surface area contributed by atoms with Crippen LogP contribution in [0.4, 0.5) is 0 Å². The summed E-state index contributed by atoms with van der Waals surface area (Å²) in [5.41, 5.74) is 2.32. The Labute approximate surface area is 117 Å². The van der Waals surface area contributed by atoms with Crippen LogP contribution in [-0.2, 0) is 26.2 Å². The van der Waals surface area contributed by atoms with Crippen LogP contribution >= 0.6 is 0 Å². The molecule has 1 aromatic rings. The summed E-state index contributed by atoms with van der Waals surface area (Å²) in [6.45, 7) is 2.13. The van der Waals surface area contributed by atoms with Gasteiger partial charge in [-0.1, -0.05) is 31.2 Å². The fraction of sp³-hybridized carbons (Fsp3) is 0.412. The number of hydrogen-bond donors (Lipinski definition) is 0. The van der Waals surface area contributed by atoms with Crippen LogP contribution in [0.15, 0.2) is 36.1 Å². The molecule has 0 aliphatic heterocycles. The summed E-state index contributed by atoms with van der Waals surface area (Å²) in [7, 11) is 1.46. The number of fused-ring (bicyclic) bond motifs is 6. The molecule has 102 valence electrons. The molecule has 4 atom stereocenters. The first-order valence-electron chi connectivity index (χ1n) is 7.01. The van der Waals surface area contributed by atoms with Crippen LogP contribution < -0.4 is 0 Å². The molecule has 3 unspecified atom stereocenters. The van der Waals surface area contributed by atoms with E-state index in [0.717, 1.165) is 6.42 Å². The lowest BCUT2D eigenvalue weighted by molar-refractivity contribution is -0.152.